The zero-order chi connectivity index (χ0) is 20.1. The van der Waals surface area contributed by atoms with Gasteiger partial charge in [0.15, 0.2) is 0 Å². The number of nitrogens with one attached hydrogen (secondary N) is 2. The Morgan fingerprint density at radius 2 is 2.00 bits per heavy atom. The predicted molar refractivity (Wildman–Crippen MR) is 116 cm³/mol. The van der Waals surface area contributed by atoms with Gasteiger partial charge in [0.25, 0.3) is 5.91 Å². The monoisotopic (exact) mass is 401 g/mol. The van der Waals surface area contributed by atoms with E-state index in [1.807, 2.05) is 22.6 Å². The van der Waals surface area contributed by atoms with Crippen molar-refractivity contribution in [3.63, 3.8) is 0 Å². The Labute approximate surface area is 176 Å². The van der Waals surface area contributed by atoms with E-state index < -0.39 is 0 Å². The predicted octanol–water partition coefficient (Wildman–Crippen LogP) is 2.82. The molecule has 1 atom stereocenters. The minimum atomic E-state index is -0.0380. The van der Waals surface area contributed by atoms with E-state index in [1.165, 1.54) is 51.0 Å². The number of imidazole rings is 1. The van der Waals surface area contributed by atoms with Gasteiger partial charge in [-0.3, -0.25) is 14.1 Å². The number of pyridine rings is 1. The number of hydrogen-bond donors (Lipinski definition) is 2. The summed E-state index contributed by atoms with van der Waals surface area (Å²) in [5, 5.41) is 6.57. The summed E-state index contributed by atoms with van der Waals surface area (Å²) in [6, 6.07) is 14.5. The van der Waals surface area contributed by atoms with Crippen molar-refractivity contribution in [3.8, 4) is 11.3 Å². The number of benzene rings is 1. The van der Waals surface area contributed by atoms with Crippen molar-refractivity contribution in [2.45, 2.75) is 32.4 Å². The van der Waals surface area contributed by atoms with Crippen LogP contribution in [0.5, 0.6) is 0 Å². The summed E-state index contributed by atoms with van der Waals surface area (Å²) in [5.74, 6) is -0.0380. The zero-order valence-corrected chi connectivity index (χ0v) is 17.2. The lowest BCUT2D eigenvalue weighted by molar-refractivity contribution is 0.0936. The van der Waals surface area contributed by atoms with Crippen LogP contribution >= 0.6 is 0 Å². The Bertz CT molecular complexity index is 1110. The fourth-order valence-corrected chi connectivity index (χ4v) is 5.55. The molecule has 6 nitrogen and oxygen atoms in total. The highest BCUT2D eigenvalue weighted by molar-refractivity contribution is 5.95. The van der Waals surface area contributed by atoms with Crippen molar-refractivity contribution in [1.82, 2.24) is 24.9 Å². The smallest absolute Gasteiger partial charge is 0.268 e. The van der Waals surface area contributed by atoms with Gasteiger partial charge >= 0.3 is 0 Å². The molecule has 6 rings (SSSR count). The fourth-order valence-electron chi connectivity index (χ4n) is 5.55. The van der Waals surface area contributed by atoms with Gasteiger partial charge in [0.1, 0.15) is 11.3 Å². The topological polar surface area (TPSA) is 61.7 Å². The third-order valence-electron chi connectivity index (χ3n) is 7.10. The van der Waals surface area contributed by atoms with Crippen molar-refractivity contribution in [2.24, 2.45) is 5.41 Å². The maximum atomic E-state index is 12.2. The van der Waals surface area contributed by atoms with E-state index in [0.717, 1.165) is 29.1 Å². The Kier molecular flexibility index (Phi) is 4.18. The van der Waals surface area contributed by atoms with E-state index in [-0.39, 0.29) is 5.91 Å². The Hall–Kier alpha value is -2.70. The molecular formula is C24H27N5O. The van der Waals surface area contributed by atoms with Gasteiger partial charge < -0.3 is 10.6 Å². The lowest BCUT2D eigenvalue weighted by Crippen LogP contribution is -2.41. The Morgan fingerprint density at radius 3 is 2.83 bits per heavy atom. The first kappa shape index (κ1) is 18.1. The van der Waals surface area contributed by atoms with Gasteiger partial charge in [-0.05, 0) is 55.5 Å². The van der Waals surface area contributed by atoms with Crippen molar-refractivity contribution >= 4 is 11.6 Å². The molecule has 2 fully saturated rings. The van der Waals surface area contributed by atoms with Crippen LogP contribution in [0.15, 0.2) is 42.5 Å². The summed E-state index contributed by atoms with van der Waals surface area (Å²) >= 11 is 0. The molecule has 2 saturated heterocycles. The van der Waals surface area contributed by atoms with E-state index in [4.69, 9.17) is 4.98 Å². The van der Waals surface area contributed by atoms with E-state index >= 15 is 0 Å². The molecule has 0 radical (unpaired) electrons. The number of carbonyl (C=O) groups is 1. The molecule has 2 N–H and O–H groups in total. The van der Waals surface area contributed by atoms with Gasteiger partial charge in [0.2, 0.25) is 0 Å². The molecule has 1 amide bonds. The normalized spacial score (nSPS) is 23.9. The zero-order valence-electron chi connectivity index (χ0n) is 17.2. The summed E-state index contributed by atoms with van der Waals surface area (Å²) in [5.41, 5.74) is 6.46. The second kappa shape index (κ2) is 6.93. The summed E-state index contributed by atoms with van der Waals surface area (Å²) in [6.45, 7) is 6.29. The standard InChI is InChI=1S/C24H27N5O/c30-23-19-3-1-4-21-27-22(20(13-26-23)29(19)21)18-7-5-17(6-8-18)14-28-12-10-24(16-28)9-2-11-25-15-24/h1,3-8,25H,2,9-16H2,(H,26,30). The average Bonchev–Trinajstić information content (AvgIpc) is 3.34. The lowest BCUT2D eigenvalue weighted by atomic mass is 9.80. The number of piperidine rings is 1. The largest absolute Gasteiger partial charge is 0.345 e. The first-order chi connectivity index (χ1) is 14.7. The second-order valence-corrected chi connectivity index (χ2v) is 9.13. The highest BCUT2D eigenvalue weighted by Crippen LogP contribution is 2.37. The van der Waals surface area contributed by atoms with Crippen molar-refractivity contribution < 1.29 is 4.79 Å². The van der Waals surface area contributed by atoms with E-state index in [2.05, 4.69) is 39.8 Å². The van der Waals surface area contributed by atoms with Gasteiger partial charge in [-0.25, -0.2) is 4.98 Å². The molecule has 3 aromatic rings. The number of hydrogen-bond acceptors (Lipinski definition) is 4. The van der Waals surface area contributed by atoms with Crippen LogP contribution in [0.4, 0.5) is 0 Å². The van der Waals surface area contributed by atoms with Gasteiger partial charge in [-0.15, -0.1) is 0 Å². The minimum absolute atomic E-state index is 0.0380. The number of amides is 1. The van der Waals surface area contributed by atoms with Crippen molar-refractivity contribution in [1.29, 1.82) is 0 Å². The molecule has 3 aliphatic rings. The van der Waals surface area contributed by atoms with Gasteiger partial charge in [-0.2, -0.15) is 0 Å². The van der Waals surface area contributed by atoms with Crippen LogP contribution in [-0.4, -0.2) is 46.4 Å². The molecular weight excluding hydrogens is 374 g/mol. The molecule has 2 aromatic heterocycles. The summed E-state index contributed by atoms with van der Waals surface area (Å²) in [4.78, 5) is 19.6. The van der Waals surface area contributed by atoms with Crippen LogP contribution in [0.3, 0.4) is 0 Å². The van der Waals surface area contributed by atoms with Crippen LogP contribution in [-0.2, 0) is 13.1 Å². The first-order valence-corrected chi connectivity index (χ1v) is 11.0. The molecule has 5 heterocycles. The number of likely N-dealkylation sites (tertiary alicyclic amines) is 1. The molecule has 0 saturated carbocycles. The van der Waals surface area contributed by atoms with E-state index in [9.17, 15) is 4.79 Å². The van der Waals surface area contributed by atoms with Crippen LogP contribution in [0.25, 0.3) is 16.9 Å². The van der Waals surface area contributed by atoms with Gasteiger partial charge in [-0.1, -0.05) is 30.3 Å². The number of nitrogens with zero attached hydrogens (tertiary/aromatic N) is 3. The SMILES string of the molecule is O=C1NCc2c(-c3ccc(CN4CCC5(CCCNC5)C4)cc3)nc3cccc1n23. The average molecular weight is 402 g/mol. The van der Waals surface area contributed by atoms with E-state index in [1.54, 1.807) is 0 Å². The molecule has 154 valence electrons. The number of aromatic nitrogens is 2. The second-order valence-electron chi connectivity index (χ2n) is 9.13. The molecule has 6 heteroatoms. The van der Waals surface area contributed by atoms with Gasteiger partial charge in [0.05, 0.1) is 17.9 Å². The third-order valence-corrected chi connectivity index (χ3v) is 7.10. The molecule has 0 aliphatic carbocycles. The first-order valence-electron chi connectivity index (χ1n) is 11.0. The molecule has 1 aromatic carbocycles. The van der Waals surface area contributed by atoms with Crippen LogP contribution < -0.4 is 10.6 Å². The number of carbonyl (C=O) groups excluding carboxylic acids is 1. The highest BCUT2D eigenvalue weighted by atomic mass is 16.2. The van der Waals surface area contributed by atoms with Crippen LogP contribution in [0.2, 0.25) is 0 Å². The van der Waals surface area contributed by atoms with E-state index in [0.29, 0.717) is 17.7 Å². The quantitative estimate of drug-likeness (QED) is 0.709. The molecule has 30 heavy (non-hydrogen) atoms. The maximum absolute atomic E-state index is 12.2. The third kappa shape index (κ3) is 2.94. The minimum Gasteiger partial charge on any atom is -0.345 e. The van der Waals surface area contributed by atoms with Gasteiger partial charge in [0, 0.05) is 25.2 Å². The molecule has 1 unspecified atom stereocenters. The summed E-state index contributed by atoms with van der Waals surface area (Å²) in [7, 11) is 0. The summed E-state index contributed by atoms with van der Waals surface area (Å²) in [6.07, 6.45) is 3.99. The van der Waals surface area contributed by atoms with Crippen LogP contribution in [0, 0.1) is 5.41 Å². The Balaban J connectivity index is 1.24. The lowest BCUT2D eigenvalue weighted by Gasteiger charge is -2.34. The van der Waals surface area contributed by atoms with Crippen molar-refractivity contribution in [3.05, 3.63) is 59.4 Å². The van der Waals surface area contributed by atoms with Crippen LogP contribution in [0.1, 0.15) is 41.0 Å². The number of rotatable bonds is 3. The molecule has 1 spiro atoms. The van der Waals surface area contributed by atoms with Crippen molar-refractivity contribution in [2.75, 3.05) is 26.2 Å². The maximum Gasteiger partial charge on any atom is 0.268 e. The highest BCUT2D eigenvalue weighted by Gasteiger charge is 2.38. The molecule has 3 aliphatic heterocycles. The fraction of sp³-hybridized carbons (Fsp3) is 0.417. The Morgan fingerprint density at radius 1 is 1.10 bits per heavy atom. The molecule has 0 bridgehead atoms. The summed E-state index contributed by atoms with van der Waals surface area (Å²) < 4.78 is 1.99.